The predicted molar refractivity (Wildman–Crippen MR) is 102 cm³/mol. The number of carbonyl (C=O) groups excluding carboxylic acids is 2. The summed E-state index contributed by atoms with van der Waals surface area (Å²) in [6.07, 6.45) is 0.674. The van der Waals surface area contributed by atoms with E-state index in [2.05, 4.69) is 5.32 Å². The van der Waals surface area contributed by atoms with Gasteiger partial charge in [-0.2, -0.15) is 0 Å². The zero-order valence-electron chi connectivity index (χ0n) is 16.0. The molecule has 0 aromatic heterocycles. The molecule has 1 saturated carbocycles. The van der Waals surface area contributed by atoms with Crippen LogP contribution in [0.5, 0.6) is 5.75 Å². The lowest BCUT2D eigenvalue weighted by Gasteiger charge is -2.19. The Hall–Kier alpha value is -2.89. The number of amides is 1. The molecular formula is C22H24FNO4. The highest BCUT2D eigenvalue weighted by Crippen LogP contribution is 2.26. The second-order valence-corrected chi connectivity index (χ2v) is 7.19. The van der Waals surface area contributed by atoms with Crippen LogP contribution in [0.25, 0.3) is 0 Å². The number of hydrogen-bond donors (Lipinski definition) is 1. The van der Waals surface area contributed by atoms with Crippen molar-refractivity contribution in [2.45, 2.75) is 44.8 Å². The Labute approximate surface area is 163 Å². The Morgan fingerprint density at radius 1 is 1.11 bits per heavy atom. The number of para-hydroxylation sites is 1. The van der Waals surface area contributed by atoms with Gasteiger partial charge >= 0.3 is 5.97 Å². The average molecular weight is 385 g/mol. The minimum Gasteiger partial charge on any atom is -0.482 e. The first-order valence-corrected chi connectivity index (χ1v) is 9.41. The number of rotatable bonds is 8. The molecule has 28 heavy (non-hydrogen) atoms. The van der Waals surface area contributed by atoms with Crippen molar-refractivity contribution in [2.24, 2.45) is 0 Å². The van der Waals surface area contributed by atoms with E-state index in [9.17, 15) is 14.0 Å². The van der Waals surface area contributed by atoms with Gasteiger partial charge in [0.25, 0.3) is 5.91 Å². The summed E-state index contributed by atoms with van der Waals surface area (Å²) in [6.45, 7) is 3.75. The number of halogens is 1. The van der Waals surface area contributed by atoms with Crippen molar-refractivity contribution in [3.8, 4) is 5.75 Å². The van der Waals surface area contributed by atoms with Crippen molar-refractivity contribution in [1.82, 2.24) is 5.32 Å². The fraction of sp³-hybridized carbons (Fsp3) is 0.364. The zero-order valence-corrected chi connectivity index (χ0v) is 16.0. The number of hydrogen-bond acceptors (Lipinski definition) is 4. The number of ether oxygens (including phenoxy) is 2. The van der Waals surface area contributed by atoms with Gasteiger partial charge < -0.3 is 14.8 Å². The summed E-state index contributed by atoms with van der Waals surface area (Å²) in [5, 5.41) is 2.82. The van der Waals surface area contributed by atoms with Crippen molar-refractivity contribution in [3.05, 3.63) is 65.5 Å². The largest absolute Gasteiger partial charge is 0.482 e. The van der Waals surface area contributed by atoms with Gasteiger partial charge in [0.1, 0.15) is 11.6 Å². The van der Waals surface area contributed by atoms with Gasteiger partial charge in [-0.3, -0.25) is 4.79 Å². The average Bonchev–Trinajstić information content (AvgIpc) is 3.49. The summed E-state index contributed by atoms with van der Waals surface area (Å²) in [5.41, 5.74) is 1.40. The van der Waals surface area contributed by atoms with Crippen LogP contribution in [-0.2, 0) is 14.3 Å². The second kappa shape index (κ2) is 8.87. The number of carbonyl (C=O) groups is 2. The van der Waals surface area contributed by atoms with Crippen LogP contribution in [0.15, 0.2) is 48.5 Å². The highest BCUT2D eigenvalue weighted by Gasteiger charge is 2.31. The first-order valence-electron chi connectivity index (χ1n) is 9.41. The third kappa shape index (κ3) is 5.31. The molecule has 2 aromatic carbocycles. The molecular weight excluding hydrogens is 361 g/mol. The van der Waals surface area contributed by atoms with Crippen molar-refractivity contribution in [1.29, 1.82) is 0 Å². The third-order valence-corrected chi connectivity index (χ3v) is 4.47. The molecule has 1 unspecified atom stereocenters. The van der Waals surface area contributed by atoms with Crippen LogP contribution < -0.4 is 10.1 Å². The van der Waals surface area contributed by atoms with Gasteiger partial charge in [0.15, 0.2) is 6.61 Å². The molecule has 148 valence electrons. The van der Waals surface area contributed by atoms with Crippen LogP contribution in [0.3, 0.4) is 0 Å². The molecule has 3 rings (SSSR count). The van der Waals surface area contributed by atoms with Gasteiger partial charge in [-0.05, 0) is 42.5 Å². The third-order valence-electron chi connectivity index (χ3n) is 4.47. The normalized spacial score (nSPS) is 14.4. The summed E-state index contributed by atoms with van der Waals surface area (Å²) in [4.78, 5) is 24.9. The highest BCUT2D eigenvalue weighted by atomic mass is 19.1. The monoisotopic (exact) mass is 385 g/mol. The molecule has 1 aliphatic carbocycles. The lowest BCUT2D eigenvalue weighted by Crippen LogP contribution is -2.34. The Balaban J connectivity index is 1.67. The fourth-order valence-electron chi connectivity index (χ4n) is 2.81. The maximum absolute atomic E-state index is 13.2. The molecule has 1 aliphatic rings. The number of nitrogens with one attached hydrogen (secondary N) is 1. The molecule has 1 fully saturated rings. The molecule has 0 radical (unpaired) electrons. The van der Waals surface area contributed by atoms with Crippen LogP contribution in [0.1, 0.15) is 49.8 Å². The maximum atomic E-state index is 13.2. The topological polar surface area (TPSA) is 64.6 Å². The molecule has 0 bridgehead atoms. The van der Waals surface area contributed by atoms with Gasteiger partial charge in [-0.1, -0.05) is 44.2 Å². The van der Waals surface area contributed by atoms with E-state index < -0.39 is 23.8 Å². The van der Waals surface area contributed by atoms with E-state index in [-0.39, 0.29) is 18.6 Å². The molecule has 0 heterocycles. The molecule has 0 spiro atoms. The first-order chi connectivity index (χ1) is 13.4. The predicted octanol–water partition coefficient (Wildman–Crippen LogP) is 3.89. The summed E-state index contributed by atoms with van der Waals surface area (Å²) in [7, 11) is 0. The quantitative estimate of drug-likeness (QED) is 0.700. The summed E-state index contributed by atoms with van der Waals surface area (Å²) < 4.78 is 24.2. The van der Waals surface area contributed by atoms with Gasteiger partial charge in [0.05, 0.1) is 0 Å². The van der Waals surface area contributed by atoms with E-state index >= 15 is 0 Å². The van der Waals surface area contributed by atoms with Crippen LogP contribution >= 0.6 is 0 Å². The van der Waals surface area contributed by atoms with Crippen LogP contribution in [0.4, 0.5) is 4.39 Å². The van der Waals surface area contributed by atoms with E-state index in [1.165, 1.54) is 24.3 Å². The van der Waals surface area contributed by atoms with E-state index in [1.807, 2.05) is 32.0 Å². The lowest BCUT2D eigenvalue weighted by atomic mass is 10.0. The van der Waals surface area contributed by atoms with E-state index in [1.54, 1.807) is 6.07 Å². The smallest absolute Gasteiger partial charge is 0.345 e. The zero-order chi connectivity index (χ0) is 20.1. The second-order valence-electron chi connectivity index (χ2n) is 7.19. The fourth-order valence-corrected chi connectivity index (χ4v) is 2.81. The van der Waals surface area contributed by atoms with Crippen molar-refractivity contribution in [3.63, 3.8) is 0 Å². The van der Waals surface area contributed by atoms with Gasteiger partial charge in [0, 0.05) is 11.6 Å². The van der Waals surface area contributed by atoms with Gasteiger partial charge in [-0.15, -0.1) is 0 Å². The molecule has 5 nitrogen and oxygen atoms in total. The highest BCUT2D eigenvalue weighted by molar-refractivity contribution is 5.85. The summed E-state index contributed by atoms with van der Waals surface area (Å²) in [6, 6.07) is 12.9. The molecule has 1 atom stereocenters. The summed E-state index contributed by atoms with van der Waals surface area (Å²) >= 11 is 0. The van der Waals surface area contributed by atoms with Crippen molar-refractivity contribution >= 4 is 11.9 Å². The van der Waals surface area contributed by atoms with Crippen LogP contribution in [-0.4, -0.2) is 24.5 Å². The van der Waals surface area contributed by atoms with Crippen molar-refractivity contribution < 1.29 is 23.5 Å². The standard InChI is InChI=1S/C22H24FNO4/c1-14(2)18-5-3-4-6-19(18)27-13-20(25)28-21(22(26)24-17-11-12-17)15-7-9-16(23)10-8-15/h3-10,14,17,21H,11-13H2,1-2H3,(H,24,26). The first kappa shape index (κ1) is 19.9. The van der Waals surface area contributed by atoms with E-state index in [0.29, 0.717) is 11.3 Å². The molecule has 2 aromatic rings. The van der Waals surface area contributed by atoms with Crippen molar-refractivity contribution in [2.75, 3.05) is 6.61 Å². The minimum atomic E-state index is -1.14. The number of benzene rings is 2. The molecule has 1 N–H and O–H groups in total. The van der Waals surface area contributed by atoms with Crippen LogP contribution in [0.2, 0.25) is 0 Å². The molecule has 6 heteroatoms. The Bertz CT molecular complexity index is 831. The Morgan fingerprint density at radius 3 is 2.43 bits per heavy atom. The minimum absolute atomic E-state index is 0.114. The number of esters is 1. The molecule has 0 saturated heterocycles. The Kier molecular flexibility index (Phi) is 6.29. The van der Waals surface area contributed by atoms with E-state index in [4.69, 9.17) is 9.47 Å². The van der Waals surface area contributed by atoms with E-state index in [0.717, 1.165) is 18.4 Å². The maximum Gasteiger partial charge on any atom is 0.345 e. The molecule has 0 aliphatic heterocycles. The van der Waals surface area contributed by atoms with Gasteiger partial charge in [-0.25, -0.2) is 9.18 Å². The SMILES string of the molecule is CC(C)c1ccccc1OCC(=O)OC(C(=O)NC1CC1)c1ccc(F)cc1. The van der Waals surface area contributed by atoms with Gasteiger partial charge in [0.2, 0.25) is 6.10 Å². The Morgan fingerprint density at radius 2 is 1.79 bits per heavy atom. The molecule has 1 amide bonds. The lowest BCUT2D eigenvalue weighted by molar-refractivity contribution is -0.158. The van der Waals surface area contributed by atoms with Crippen LogP contribution in [0, 0.1) is 5.82 Å². The summed E-state index contributed by atoms with van der Waals surface area (Å²) in [5.74, 6) is -0.660.